The maximum absolute atomic E-state index is 4.75. The van der Waals surface area contributed by atoms with E-state index in [-0.39, 0.29) is 16.2 Å². The molecule has 0 N–H and O–H groups in total. The van der Waals surface area contributed by atoms with Gasteiger partial charge in [-0.05, 0) is 287 Å². The Hall–Kier alpha value is -17.9. The topological polar surface area (TPSA) is 0 Å². The van der Waals surface area contributed by atoms with Crippen LogP contribution in [0, 0.1) is 0 Å². The molecule has 726 valence electrons. The Labute approximate surface area is 888 Å². The standard InChI is InChI=1S/C57H50.C55H42.C38H34/c1-39(37-54-41(3)48-26-14-16-30-52(48)56(54,4)5)43-22-10-8-9-11-23-44(45-34-35-51-50-28-15-17-31-53(50)57(6,7)55(51)38-45)33-32-42(20-18-25-43)21-19-29-47-40(2)36-46-24-12-13-27-49(46)47;1-37(33-54-38(2)49-20-13-14-22-53(49)55(54,3)4)48-19-7-5-6-8-21-50(42-27-23-41(24-28-42)45-29-25-39-15-9-11-17-43(39)34-45)52-36-47(31-32-51(48)52)46-30-26-40-16-10-12-18-44(40)35-46;1-5-6-17-29(2)30(3)24-25-31(4)35-22-15-7-8-16-23-36(33-20-13-10-14-21-33)37-27-26-34(28-38(35)37)32-18-11-9-12-19-32/h8-35,37-38H,1-3,36H2,4-7H3;5-36H,1-2H2,3-4H3;5-18,20-28,32H,1-4,19H2/b9-8?,10-8?,11-9?,20-18?,21-19+,22-10?,23-11?,25-18?,33-32?,42-20?,42-32?,43-22?,43-25?,44-23?,44-33?,47-29+,54-37+;6-5?,7-5?,8-6?,19-7?,21-8?,48-19?,50-21?,51-48?,52-50?,54-33+;8-7?,15-7?,16-8?,17-6-,22-15?,23-16?,25-24-,35-22?,36-23?,37-36?,38-35?. The maximum Gasteiger partial charge on any atom is 0.0159 e. The summed E-state index contributed by atoms with van der Waals surface area (Å²) in [6.45, 7) is 53.1. The molecule has 0 fully saturated rings. The van der Waals surface area contributed by atoms with Crippen LogP contribution in [0.5, 0.6) is 0 Å². The van der Waals surface area contributed by atoms with Crippen LogP contribution in [0.4, 0.5) is 0 Å². The van der Waals surface area contributed by atoms with Gasteiger partial charge in [0.15, 0.2) is 0 Å². The molecule has 0 nitrogen and oxygen atoms in total. The molecule has 0 amide bonds. The molecule has 16 aromatic rings. The lowest BCUT2D eigenvalue weighted by atomic mass is 9.81. The van der Waals surface area contributed by atoms with Crippen LogP contribution in [0.3, 0.4) is 0 Å². The molecule has 0 saturated heterocycles. The molecular weight excluding hydrogens is 1800 g/mol. The molecule has 150 heavy (non-hydrogen) atoms. The molecule has 0 heteroatoms. The first-order chi connectivity index (χ1) is 73.0. The molecule has 0 heterocycles. The van der Waals surface area contributed by atoms with Gasteiger partial charge in [-0.2, -0.15) is 0 Å². The molecule has 0 aliphatic heterocycles. The normalized spacial score (nSPS) is 15.1. The molecule has 21 rings (SSSR count). The molecule has 0 aromatic heterocycles. The smallest absolute Gasteiger partial charge is 0.0159 e. The Morgan fingerprint density at radius 1 is 0.300 bits per heavy atom. The molecule has 0 bridgehead atoms. The fourth-order valence-corrected chi connectivity index (χ4v) is 21.8. The van der Waals surface area contributed by atoms with Crippen LogP contribution >= 0.6 is 0 Å². The van der Waals surface area contributed by atoms with Crippen LogP contribution in [-0.2, 0) is 22.7 Å². The van der Waals surface area contributed by atoms with E-state index in [1.807, 2.05) is 24.3 Å². The zero-order chi connectivity index (χ0) is 104. The van der Waals surface area contributed by atoms with E-state index in [1.165, 1.54) is 144 Å². The quantitative estimate of drug-likeness (QED) is 0.0751. The predicted molar refractivity (Wildman–Crippen MR) is 654 cm³/mol. The van der Waals surface area contributed by atoms with E-state index in [0.29, 0.717) is 5.92 Å². The molecule has 1 atom stereocenters. The minimum atomic E-state index is -0.188. The molecule has 0 spiro atoms. The second kappa shape index (κ2) is 45.0. The SMILES string of the molecule is C=C/C=C\C(=C)C(=C)/C=C\C(=C)c1ccccccc(-c2ccccc2)c2ccc(C3C=CC=CC3)cc12.C=C1/C(=C\C(=C)c2ccccccc(-c3ccc(-c4ccc5ccccc5c4)cc3)c3cc(-c4ccc5ccccc5c4)ccc23)C(C)(C)c2ccccc21.C=C1Cc2ccccc2/C1=C/C=C/c1cccc(C(=C)/C=C2\C(=C)c3ccccc3C2(C)C)ccccccc(-c2ccc3c(c2)C(C)(C)c2ccccc2-3)cc1. The third-order valence-electron chi connectivity index (χ3n) is 30.1. The Morgan fingerprint density at radius 3 is 1.37 bits per heavy atom. The number of hydrogen-bond donors (Lipinski definition) is 0. The van der Waals surface area contributed by atoms with Gasteiger partial charge in [0.05, 0.1) is 0 Å². The van der Waals surface area contributed by atoms with Gasteiger partial charge in [-0.1, -0.05) is 586 Å². The van der Waals surface area contributed by atoms with Crippen LogP contribution in [0.25, 0.3) is 149 Å². The van der Waals surface area contributed by atoms with Gasteiger partial charge in [0.1, 0.15) is 0 Å². The van der Waals surface area contributed by atoms with Crippen molar-refractivity contribution in [2.24, 2.45) is 0 Å². The maximum atomic E-state index is 4.75. The van der Waals surface area contributed by atoms with Gasteiger partial charge in [0, 0.05) is 22.2 Å². The van der Waals surface area contributed by atoms with E-state index in [1.54, 1.807) is 6.08 Å². The summed E-state index contributed by atoms with van der Waals surface area (Å²) >= 11 is 0. The summed E-state index contributed by atoms with van der Waals surface area (Å²) in [5.41, 5.74) is 41.3. The summed E-state index contributed by atoms with van der Waals surface area (Å²) in [6, 6.07) is 155. The summed E-state index contributed by atoms with van der Waals surface area (Å²) in [6.07, 6.45) is 31.2. The lowest BCUT2D eigenvalue weighted by molar-refractivity contribution is 0.660. The highest BCUT2D eigenvalue weighted by Gasteiger charge is 2.39. The number of allylic oxidation sites excluding steroid dienone is 24. The van der Waals surface area contributed by atoms with Gasteiger partial charge in [0.25, 0.3) is 0 Å². The Kier molecular flexibility index (Phi) is 30.2. The molecule has 1 unspecified atom stereocenters. The third-order valence-corrected chi connectivity index (χ3v) is 30.1. The number of hydrogen-bond acceptors (Lipinski definition) is 0. The van der Waals surface area contributed by atoms with Crippen LogP contribution in [-0.4, -0.2) is 0 Å². The van der Waals surface area contributed by atoms with Crippen LogP contribution < -0.4 is 0 Å². The van der Waals surface area contributed by atoms with Crippen molar-refractivity contribution in [1.29, 1.82) is 0 Å². The summed E-state index contributed by atoms with van der Waals surface area (Å²) < 4.78 is 0. The van der Waals surface area contributed by atoms with Crippen molar-refractivity contribution < 1.29 is 0 Å². The van der Waals surface area contributed by atoms with Crippen molar-refractivity contribution >= 4 is 82.6 Å². The molecule has 5 aliphatic rings. The zero-order valence-corrected chi connectivity index (χ0v) is 86.9. The minimum Gasteiger partial charge on any atom is -0.0991 e. The van der Waals surface area contributed by atoms with Crippen molar-refractivity contribution in [1.82, 2.24) is 0 Å². The van der Waals surface area contributed by atoms with Crippen molar-refractivity contribution in [2.75, 3.05) is 0 Å². The largest absolute Gasteiger partial charge is 0.0991 e. The lowest BCUT2D eigenvalue weighted by Crippen LogP contribution is -2.15. The highest BCUT2D eigenvalue weighted by molar-refractivity contribution is 6.07. The summed E-state index contributed by atoms with van der Waals surface area (Å²) in [4.78, 5) is 0. The van der Waals surface area contributed by atoms with E-state index in [2.05, 4.69) is 580 Å². The van der Waals surface area contributed by atoms with Crippen molar-refractivity contribution in [3.05, 3.63) is 669 Å². The van der Waals surface area contributed by atoms with Crippen LogP contribution in [0.1, 0.15) is 126 Å². The Morgan fingerprint density at radius 2 is 0.747 bits per heavy atom. The van der Waals surface area contributed by atoms with Crippen LogP contribution in [0.15, 0.2) is 597 Å². The Balaban J connectivity index is 0.000000144. The molecule has 16 aromatic carbocycles. The first kappa shape index (κ1) is 101. The predicted octanol–water partition coefficient (Wildman–Crippen LogP) is 40.9. The highest BCUT2D eigenvalue weighted by Crippen LogP contribution is 2.54. The first-order valence-corrected chi connectivity index (χ1v) is 51.9. The minimum absolute atomic E-state index is 0.0734. The van der Waals surface area contributed by atoms with Gasteiger partial charge in [-0.15, -0.1) is 0 Å². The number of fused-ring (bicyclic) bond motifs is 10. The second-order valence-electron chi connectivity index (χ2n) is 40.8. The average Bonchev–Trinajstić information content (AvgIpc) is 1.54. The van der Waals surface area contributed by atoms with Crippen LogP contribution in [0.2, 0.25) is 0 Å². The van der Waals surface area contributed by atoms with E-state index < -0.39 is 0 Å². The van der Waals surface area contributed by atoms with E-state index in [0.717, 1.165) is 113 Å². The zero-order valence-electron chi connectivity index (χ0n) is 86.9. The summed E-state index contributed by atoms with van der Waals surface area (Å²) in [5, 5.41) is 9.59. The van der Waals surface area contributed by atoms with E-state index in [9.17, 15) is 0 Å². The highest BCUT2D eigenvalue weighted by atomic mass is 14.4. The van der Waals surface area contributed by atoms with Gasteiger partial charge in [-0.25, -0.2) is 0 Å². The van der Waals surface area contributed by atoms with Gasteiger partial charge in [-0.3, -0.25) is 0 Å². The van der Waals surface area contributed by atoms with Gasteiger partial charge >= 0.3 is 0 Å². The first-order valence-electron chi connectivity index (χ1n) is 51.9. The monoisotopic (exact) mass is 1930 g/mol. The van der Waals surface area contributed by atoms with E-state index >= 15 is 0 Å². The van der Waals surface area contributed by atoms with Crippen molar-refractivity contribution in [3.8, 4) is 66.8 Å². The third kappa shape index (κ3) is 21.7. The van der Waals surface area contributed by atoms with Crippen molar-refractivity contribution in [2.45, 2.75) is 76.5 Å². The number of rotatable bonds is 18. The van der Waals surface area contributed by atoms with Crippen molar-refractivity contribution in [3.63, 3.8) is 0 Å². The fourth-order valence-electron chi connectivity index (χ4n) is 21.8. The average molecular weight is 1930 g/mol. The fraction of sp³-hybridized carbons (Fsp3) is 0.0800. The molecular formula is C150H126. The Bertz CT molecular complexity index is 8720. The molecule has 5 aliphatic carbocycles. The molecule has 0 saturated carbocycles. The van der Waals surface area contributed by atoms with Gasteiger partial charge < -0.3 is 0 Å². The second-order valence-corrected chi connectivity index (χ2v) is 40.8. The van der Waals surface area contributed by atoms with Gasteiger partial charge in [0.2, 0.25) is 0 Å². The molecule has 0 radical (unpaired) electrons. The lowest BCUT2D eigenvalue weighted by Gasteiger charge is -2.22. The summed E-state index contributed by atoms with van der Waals surface area (Å²) in [7, 11) is 0. The van der Waals surface area contributed by atoms with E-state index in [4.69, 9.17) is 6.58 Å². The summed E-state index contributed by atoms with van der Waals surface area (Å²) in [5.74, 6) is 0.352. The number of benzene rings is 13.